The summed E-state index contributed by atoms with van der Waals surface area (Å²) in [4.78, 5) is 16.9. The Morgan fingerprint density at radius 3 is 2.48 bits per heavy atom. The predicted molar refractivity (Wildman–Crippen MR) is 134 cm³/mol. The van der Waals surface area contributed by atoms with Crippen molar-refractivity contribution in [1.82, 2.24) is 4.98 Å². The Morgan fingerprint density at radius 2 is 1.73 bits per heavy atom. The smallest absolute Gasteiger partial charge is 0.412 e. The highest BCUT2D eigenvalue weighted by atomic mass is 16.6. The van der Waals surface area contributed by atoms with Gasteiger partial charge in [-0.15, -0.1) is 0 Å². The molecule has 33 heavy (non-hydrogen) atoms. The average molecular weight is 445 g/mol. The summed E-state index contributed by atoms with van der Waals surface area (Å²) < 4.78 is 5.31. The topological polar surface area (TPSA) is 95.5 Å². The number of nitrogens with zero attached hydrogens (tertiary/aromatic N) is 1. The molecule has 1 heterocycles. The molecule has 3 aromatic carbocycles. The van der Waals surface area contributed by atoms with Gasteiger partial charge in [-0.25, -0.2) is 9.78 Å². The Labute approximate surface area is 192 Å². The minimum atomic E-state index is -1.02. The lowest BCUT2D eigenvalue weighted by molar-refractivity contribution is 0.0636. The molecule has 4 aromatic rings. The standard InChI is InChI=1S/C26H28N4O3/c1-26(2,3)33-25(32)28-17-10-7-9-16(15-17)24(31)30-22-18-11-5-6-13-20(18)29-23-19(22)12-8-14-21(23)27-4/h5-15,24,27,31H,1-4H3,(H,28,32)(H,29,30). The van der Waals surface area contributed by atoms with E-state index in [0.717, 1.165) is 33.2 Å². The number of carbonyl (C=O) groups is 1. The fourth-order valence-corrected chi connectivity index (χ4v) is 3.70. The maximum absolute atomic E-state index is 12.1. The van der Waals surface area contributed by atoms with Gasteiger partial charge < -0.3 is 20.5 Å². The zero-order valence-corrected chi connectivity index (χ0v) is 19.1. The third kappa shape index (κ3) is 4.99. The highest BCUT2D eigenvalue weighted by Crippen LogP contribution is 2.35. The molecule has 0 bridgehead atoms. The number of ether oxygens (including phenoxy) is 1. The van der Waals surface area contributed by atoms with Crippen molar-refractivity contribution in [2.75, 3.05) is 23.0 Å². The van der Waals surface area contributed by atoms with Crippen molar-refractivity contribution in [3.63, 3.8) is 0 Å². The second kappa shape index (κ2) is 8.96. The van der Waals surface area contributed by atoms with E-state index in [1.165, 1.54) is 0 Å². The van der Waals surface area contributed by atoms with E-state index in [-0.39, 0.29) is 0 Å². The summed E-state index contributed by atoms with van der Waals surface area (Å²) in [6.07, 6.45) is -1.56. The summed E-state index contributed by atoms with van der Waals surface area (Å²) in [5, 5.41) is 22.0. The van der Waals surface area contributed by atoms with Crippen LogP contribution in [0.5, 0.6) is 0 Å². The molecule has 0 aliphatic rings. The van der Waals surface area contributed by atoms with Crippen molar-refractivity contribution >= 4 is 45.0 Å². The molecule has 0 saturated heterocycles. The largest absolute Gasteiger partial charge is 0.444 e. The molecule has 1 atom stereocenters. The Kier molecular flexibility index (Phi) is 6.07. The van der Waals surface area contributed by atoms with Crippen molar-refractivity contribution in [1.29, 1.82) is 0 Å². The Balaban J connectivity index is 1.68. The number of aliphatic hydroxyl groups is 1. The van der Waals surface area contributed by atoms with Gasteiger partial charge in [-0.1, -0.05) is 42.5 Å². The van der Waals surface area contributed by atoms with Gasteiger partial charge in [-0.2, -0.15) is 0 Å². The van der Waals surface area contributed by atoms with Crippen LogP contribution in [0.2, 0.25) is 0 Å². The van der Waals surface area contributed by atoms with Crippen molar-refractivity contribution < 1.29 is 14.6 Å². The van der Waals surface area contributed by atoms with Crippen LogP contribution < -0.4 is 16.0 Å². The first kappa shape index (κ1) is 22.4. The van der Waals surface area contributed by atoms with Gasteiger partial charge in [0.1, 0.15) is 5.60 Å². The highest BCUT2D eigenvalue weighted by Gasteiger charge is 2.18. The molecule has 170 valence electrons. The summed E-state index contributed by atoms with van der Waals surface area (Å²) in [7, 11) is 1.86. The number of hydrogen-bond donors (Lipinski definition) is 4. The van der Waals surface area contributed by atoms with E-state index >= 15 is 0 Å². The maximum Gasteiger partial charge on any atom is 0.412 e. The molecule has 0 aliphatic heterocycles. The van der Waals surface area contributed by atoms with E-state index in [4.69, 9.17) is 9.72 Å². The van der Waals surface area contributed by atoms with Gasteiger partial charge in [0.05, 0.1) is 22.4 Å². The van der Waals surface area contributed by atoms with Crippen LogP contribution in [-0.4, -0.2) is 28.8 Å². The van der Waals surface area contributed by atoms with Crippen molar-refractivity contribution in [2.24, 2.45) is 0 Å². The van der Waals surface area contributed by atoms with Gasteiger partial charge >= 0.3 is 6.09 Å². The third-order valence-electron chi connectivity index (χ3n) is 5.11. The first-order chi connectivity index (χ1) is 15.7. The second-order valence-electron chi connectivity index (χ2n) is 8.75. The van der Waals surface area contributed by atoms with Crippen LogP contribution in [0.3, 0.4) is 0 Å². The number of pyridine rings is 1. The van der Waals surface area contributed by atoms with Crippen LogP contribution >= 0.6 is 0 Å². The predicted octanol–water partition coefficient (Wildman–Crippen LogP) is 5.88. The average Bonchev–Trinajstić information content (AvgIpc) is 2.77. The number of aliphatic hydroxyl groups excluding tert-OH is 1. The molecule has 1 aromatic heterocycles. The van der Waals surface area contributed by atoms with Crippen molar-refractivity contribution in [3.05, 3.63) is 72.3 Å². The quantitative estimate of drug-likeness (QED) is 0.227. The first-order valence-electron chi connectivity index (χ1n) is 10.8. The number of aromatic nitrogens is 1. The van der Waals surface area contributed by atoms with Gasteiger partial charge in [0.2, 0.25) is 0 Å². The third-order valence-corrected chi connectivity index (χ3v) is 5.11. The van der Waals surface area contributed by atoms with Gasteiger partial charge in [-0.3, -0.25) is 5.32 Å². The lowest BCUT2D eigenvalue weighted by Gasteiger charge is -2.21. The molecule has 0 saturated carbocycles. The van der Waals surface area contributed by atoms with Gasteiger partial charge in [0.25, 0.3) is 0 Å². The monoisotopic (exact) mass is 444 g/mol. The Morgan fingerprint density at radius 1 is 1.00 bits per heavy atom. The molecular formula is C26H28N4O3. The minimum absolute atomic E-state index is 0.532. The number of benzene rings is 3. The Bertz CT molecular complexity index is 1310. The van der Waals surface area contributed by atoms with Crippen LogP contribution in [-0.2, 0) is 4.74 Å². The van der Waals surface area contributed by atoms with Crippen molar-refractivity contribution in [2.45, 2.75) is 32.6 Å². The number of amides is 1. The molecule has 0 fully saturated rings. The minimum Gasteiger partial charge on any atom is -0.444 e. The van der Waals surface area contributed by atoms with Crippen LogP contribution in [0.4, 0.5) is 21.9 Å². The van der Waals surface area contributed by atoms with E-state index in [1.807, 2.05) is 49.5 Å². The zero-order valence-electron chi connectivity index (χ0n) is 19.1. The molecule has 1 amide bonds. The normalized spacial score (nSPS) is 12.4. The molecule has 7 nitrogen and oxygen atoms in total. The number of anilines is 3. The number of rotatable bonds is 5. The lowest BCUT2D eigenvalue weighted by atomic mass is 10.1. The zero-order chi connectivity index (χ0) is 23.6. The van der Waals surface area contributed by atoms with Crippen LogP contribution in [0.25, 0.3) is 21.8 Å². The van der Waals surface area contributed by atoms with E-state index in [9.17, 15) is 9.90 Å². The molecule has 0 spiro atoms. The summed E-state index contributed by atoms with van der Waals surface area (Å²) in [6.45, 7) is 5.42. The summed E-state index contributed by atoms with van der Waals surface area (Å²) in [5.74, 6) is 0. The Hall–Kier alpha value is -3.84. The number of hydrogen-bond acceptors (Lipinski definition) is 6. The fraction of sp³-hybridized carbons (Fsp3) is 0.231. The number of fused-ring (bicyclic) bond motifs is 2. The molecule has 0 radical (unpaired) electrons. The van der Waals surface area contributed by atoms with E-state index in [2.05, 4.69) is 16.0 Å². The molecular weight excluding hydrogens is 416 g/mol. The molecule has 4 rings (SSSR count). The van der Waals surface area contributed by atoms with Gasteiger partial charge in [0, 0.05) is 29.1 Å². The van der Waals surface area contributed by atoms with Crippen molar-refractivity contribution in [3.8, 4) is 0 Å². The fourth-order valence-electron chi connectivity index (χ4n) is 3.70. The summed E-state index contributed by atoms with van der Waals surface area (Å²) >= 11 is 0. The van der Waals surface area contributed by atoms with Crippen LogP contribution in [0.1, 0.15) is 32.6 Å². The molecule has 0 aliphatic carbocycles. The maximum atomic E-state index is 12.1. The van der Waals surface area contributed by atoms with E-state index in [0.29, 0.717) is 11.3 Å². The van der Waals surface area contributed by atoms with Gasteiger partial charge in [-0.05, 0) is 45.0 Å². The lowest BCUT2D eigenvalue weighted by Crippen LogP contribution is -2.27. The SMILES string of the molecule is CNc1cccc2c(NC(O)c3cccc(NC(=O)OC(C)(C)C)c3)c3ccccc3nc12. The number of para-hydroxylation sites is 2. The van der Waals surface area contributed by atoms with Crippen LogP contribution in [0.15, 0.2) is 66.7 Å². The van der Waals surface area contributed by atoms with Gasteiger partial charge in [0.15, 0.2) is 6.23 Å². The molecule has 1 unspecified atom stereocenters. The highest BCUT2D eigenvalue weighted by molar-refractivity contribution is 6.10. The van der Waals surface area contributed by atoms with E-state index < -0.39 is 17.9 Å². The first-order valence-corrected chi connectivity index (χ1v) is 10.8. The summed E-state index contributed by atoms with van der Waals surface area (Å²) in [5.41, 5.74) is 3.85. The van der Waals surface area contributed by atoms with E-state index in [1.54, 1.807) is 45.0 Å². The molecule has 4 N–H and O–H groups in total. The number of carbonyl (C=O) groups excluding carboxylic acids is 1. The second-order valence-corrected chi connectivity index (χ2v) is 8.75. The summed E-state index contributed by atoms with van der Waals surface area (Å²) in [6, 6.07) is 20.7. The molecule has 7 heteroatoms. The van der Waals surface area contributed by atoms with Crippen LogP contribution in [0, 0.1) is 0 Å². The number of nitrogens with one attached hydrogen (secondary N) is 3.